The van der Waals surface area contributed by atoms with Crippen LogP contribution < -0.4 is 10.6 Å². The summed E-state index contributed by atoms with van der Waals surface area (Å²) in [6.07, 6.45) is 5.79. The van der Waals surface area contributed by atoms with Gasteiger partial charge in [-0.15, -0.1) is 0 Å². The number of nitrogens with zero attached hydrogens (tertiary/aromatic N) is 1. The summed E-state index contributed by atoms with van der Waals surface area (Å²) in [5, 5.41) is 6.98. The first-order valence-corrected chi connectivity index (χ1v) is 5.75. The Bertz CT molecular complexity index is 305. The summed E-state index contributed by atoms with van der Waals surface area (Å²) in [7, 11) is 0. The molecule has 2 rings (SSSR count). The van der Waals surface area contributed by atoms with E-state index in [0.717, 1.165) is 17.9 Å². The molecule has 0 bridgehead atoms. The number of aromatic nitrogens is 1. The molecule has 1 aromatic rings. The number of anilines is 1. The number of aryl methyl sites for hydroxylation is 1. The van der Waals surface area contributed by atoms with Crippen molar-refractivity contribution in [2.24, 2.45) is 0 Å². The zero-order valence-corrected chi connectivity index (χ0v) is 9.29. The number of nitrogens with one attached hydrogen (secondary N) is 2. The summed E-state index contributed by atoms with van der Waals surface area (Å²) in [6.45, 7) is 4.21. The van der Waals surface area contributed by atoms with Crippen molar-refractivity contribution in [1.82, 2.24) is 10.3 Å². The Kier molecular flexibility index (Phi) is 3.56. The molecule has 1 unspecified atom stereocenters. The lowest BCUT2D eigenvalue weighted by molar-refractivity contribution is 0.414. The van der Waals surface area contributed by atoms with Gasteiger partial charge in [0.1, 0.15) is 0 Å². The third kappa shape index (κ3) is 2.93. The molecule has 3 heteroatoms. The topological polar surface area (TPSA) is 37.0 Å². The van der Waals surface area contributed by atoms with E-state index >= 15 is 0 Å². The number of hydrogen-bond donors (Lipinski definition) is 2. The maximum atomic E-state index is 4.26. The first-order chi connectivity index (χ1) is 7.36. The van der Waals surface area contributed by atoms with Crippen LogP contribution in [0, 0.1) is 6.92 Å². The minimum absolute atomic E-state index is 0.623. The number of piperidine rings is 1. The van der Waals surface area contributed by atoms with Crippen LogP contribution in [0.1, 0.15) is 25.0 Å². The summed E-state index contributed by atoms with van der Waals surface area (Å²) >= 11 is 0. The van der Waals surface area contributed by atoms with Gasteiger partial charge in [0.15, 0.2) is 0 Å². The molecule has 0 radical (unpaired) electrons. The predicted molar refractivity (Wildman–Crippen MR) is 63.1 cm³/mol. The van der Waals surface area contributed by atoms with Crippen LogP contribution in [0.25, 0.3) is 0 Å². The highest BCUT2D eigenvalue weighted by Crippen LogP contribution is 2.12. The van der Waals surface area contributed by atoms with Gasteiger partial charge >= 0.3 is 0 Å². The average Bonchev–Trinajstić information content (AvgIpc) is 2.29. The van der Waals surface area contributed by atoms with Crippen LogP contribution in [-0.4, -0.2) is 24.1 Å². The molecular formula is C12H19N3. The number of hydrogen-bond acceptors (Lipinski definition) is 3. The fraction of sp³-hybridized carbons (Fsp3) is 0.583. The minimum Gasteiger partial charge on any atom is -0.382 e. The van der Waals surface area contributed by atoms with Crippen molar-refractivity contribution in [3.63, 3.8) is 0 Å². The zero-order valence-electron chi connectivity index (χ0n) is 9.29. The molecule has 82 valence electrons. The van der Waals surface area contributed by atoms with E-state index in [1.54, 1.807) is 0 Å². The van der Waals surface area contributed by atoms with Gasteiger partial charge in [-0.05, 0) is 38.4 Å². The van der Waals surface area contributed by atoms with Gasteiger partial charge in [-0.1, -0.05) is 6.42 Å². The van der Waals surface area contributed by atoms with Gasteiger partial charge in [0, 0.05) is 18.8 Å². The highest BCUT2D eigenvalue weighted by molar-refractivity contribution is 5.46. The van der Waals surface area contributed by atoms with Gasteiger partial charge in [0.2, 0.25) is 0 Å². The van der Waals surface area contributed by atoms with Crippen molar-refractivity contribution in [2.75, 3.05) is 18.4 Å². The van der Waals surface area contributed by atoms with Crippen LogP contribution in [0.5, 0.6) is 0 Å². The summed E-state index contributed by atoms with van der Waals surface area (Å²) in [6, 6.07) is 4.69. The summed E-state index contributed by atoms with van der Waals surface area (Å²) in [4.78, 5) is 4.26. The molecule has 1 saturated heterocycles. The number of pyridine rings is 1. The summed E-state index contributed by atoms with van der Waals surface area (Å²) in [5.74, 6) is 0. The fourth-order valence-electron chi connectivity index (χ4n) is 2.00. The first-order valence-electron chi connectivity index (χ1n) is 5.75. The van der Waals surface area contributed by atoms with E-state index in [1.165, 1.54) is 25.8 Å². The largest absolute Gasteiger partial charge is 0.382 e. The van der Waals surface area contributed by atoms with E-state index in [0.29, 0.717) is 6.04 Å². The van der Waals surface area contributed by atoms with Gasteiger partial charge in [-0.3, -0.25) is 4.98 Å². The Morgan fingerprint density at radius 2 is 2.47 bits per heavy atom. The maximum Gasteiger partial charge on any atom is 0.0603 e. The second-order valence-corrected chi connectivity index (χ2v) is 4.16. The van der Waals surface area contributed by atoms with Crippen molar-refractivity contribution < 1.29 is 0 Å². The van der Waals surface area contributed by atoms with E-state index in [2.05, 4.69) is 21.7 Å². The Labute approximate surface area is 91.3 Å². The van der Waals surface area contributed by atoms with Crippen LogP contribution in [0.3, 0.4) is 0 Å². The molecule has 0 spiro atoms. The highest BCUT2D eigenvalue weighted by Gasteiger charge is 2.11. The molecule has 1 aliphatic heterocycles. The monoisotopic (exact) mass is 205 g/mol. The van der Waals surface area contributed by atoms with E-state index in [9.17, 15) is 0 Å². The lowest BCUT2D eigenvalue weighted by atomic mass is 10.1. The molecule has 15 heavy (non-hydrogen) atoms. The van der Waals surface area contributed by atoms with Crippen LogP contribution in [0.15, 0.2) is 18.3 Å². The Hall–Kier alpha value is -1.09. The van der Waals surface area contributed by atoms with Crippen LogP contribution >= 0.6 is 0 Å². The molecule has 0 saturated carbocycles. The molecule has 0 aliphatic carbocycles. The van der Waals surface area contributed by atoms with Gasteiger partial charge in [0.25, 0.3) is 0 Å². The molecule has 2 heterocycles. The Morgan fingerprint density at radius 3 is 3.20 bits per heavy atom. The second-order valence-electron chi connectivity index (χ2n) is 4.16. The zero-order chi connectivity index (χ0) is 10.5. The summed E-state index contributed by atoms with van der Waals surface area (Å²) in [5.41, 5.74) is 2.23. The maximum absolute atomic E-state index is 4.26. The van der Waals surface area contributed by atoms with E-state index in [-0.39, 0.29) is 0 Å². The molecule has 3 nitrogen and oxygen atoms in total. The lowest BCUT2D eigenvalue weighted by Gasteiger charge is -2.24. The summed E-state index contributed by atoms with van der Waals surface area (Å²) < 4.78 is 0. The van der Waals surface area contributed by atoms with Gasteiger partial charge in [0.05, 0.1) is 11.4 Å². The van der Waals surface area contributed by atoms with Gasteiger partial charge in [-0.25, -0.2) is 0 Å². The molecule has 0 aromatic carbocycles. The Morgan fingerprint density at radius 1 is 1.53 bits per heavy atom. The highest BCUT2D eigenvalue weighted by atomic mass is 15.0. The molecule has 0 amide bonds. The standard InChI is InChI=1S/C12H19N3/c1-10-12(6-4-8-13-10)15-9-11-5-2-3-7-14-11/h4,6,8,11,14-15H,2-3,5,7,9H2,1H3. The predicted octanol–water partition coefficient (Wildman–Crippen LogP) is 1.94. The van der Waals surface area contributed by atoms with Crippen molar-refractivity contribution in [2.45, 2.75) is 32.2 Å². The average molecular weight is 205 g/mol. The van der Waals surface area contributed by atoms with Crippen molar-refractivity contribution in [1.29, 1.82) is 0 Å². The van der Waals surface area contributed by atoms with Crippen molar-refractivity contribution in [3.8, 4) is 0 Å². The smallest absolute Gasteiger partial charge is 0.0603 e. The van der Waals surface area contributed by atoms with Crippen molar-refractivity contribution in [3.05, 3.63) is 24.0 Å². The van der Waals surface area contributed by atoms with E-state index < -0.39 is 0 Å². The SMILES string of the molecule is Cc1ncccc1NCC1CCCCN1. The second kappa shape index (κ2) is 5.12. The third-order valence-electron chi connectivity index (χ3n) is 2.96. The van der Waals surface area contributed by atoms with Gasteiger partial charge < -0.3 is 10.6 Å². The molecular weight excluding hydrogens is 186 g/mol. The fourth-order valence-corrected chi connectivity index (χ4v) is 2.00. The van der Waals surface area contributed by atoms with Crippen LogP contribution in [-0.2, 0) is 0 Å². The Balaban J connectivity index is 1.84. The molecule has 1 fully saturated rings. The molecule has 1 aromatic heterocycles. The third-order valence-corrected chi connectivity index (χ3v) is 2.96. The first kappa shape index (κ1) is 10.4. The van der Waals surface area contributed by atoms with Gasteiger partial charge in [-0.2, -0.15) is 0 Å². The molecule has 1 atom stereocenters. The molecule has 1 aliphatic rings. The minimum atomic E-state index is 0.623. The van der Waals surface area contributed by atoms with Crippen LogP contribution in [0.2, 0.25) is 0 Å². The van der Waals surface area contributed by atoms with Crippen molar-refractivity contribution >= 4 is 5.69 Å². The normalized spacial score (nSPS) is 21.3. The van der Waals surface area contributed by atoms with E-state index in [1.807, 2.05) is 19.2 Å². The number of rotatable bonds is 3. The van der Waals surface area contributed by atoms with Crippen LogP contribution in [0.4, 0.5) is 5.69 Å². The quantitative estimate of drug-likeness (QED) is 0.792. The molecule has 2 N–H and O–H groups in total. The lowest BCUT2D eigenvalue weighted by Crippen LogP contribution is -2.39. The van der Waals surface area contributed by atoms with E-state index in [4.69, 9.17) is 0 Å².